The zero-order valence-electron chi connectivity index (χ0n) is 11.1. The molecular weight excluding hydrogens is 264 g/mol. The monoisotopic (exact) mass is 284 g/mol. The van der Waals surface area contributed by atoms with E-state index in [1.807, 2.05) is 19.1 Å². The van der Waals surface area contributed by atoms with Crippen LogP contribution >= 0.6 is 0 Å². The van der Waals surface area contributed by atoms with Gasteiger partial charge in [0.1, 0.15) is 30.2 Å². The lowest BCUT2D eigenvalue weighted by molar-refractivity contribution is -0.112. The summed E-state index contributed by atoms with van der Waals surface area (Å²) in [6.45, 7) is 1.13. The molecule has 6 heteroatoms. The van der Waals surface area contributed by atoms with Crippen molar-refractivity contribution in [3.05, 3.63) is 41.2 Å². The molecule has 0 spiro atoms. The van der Waals surface area contributed by atoms with Gasteiger partial charge < -0.3 is 30.6 Å². The largest absolute Gasteiger partial charge is 0.509 e. The van der Waals surface area contributed by atoms with Gasteiger partial charge in [0.05, 0.1) is 6.61 Å². The fraction of sp³-hybridized carbons (Fsp3) is 0.429. The van der Waals surface area contributed by atoms with E-state index in [1.54, 1.807) is 12.1 Å². The first kappa shape index (κ1) is 16.6. The Labute approximate surface area is 116 Å². The van der Waals surface area contributed by atoms with Crippen molar-refractivity contribution in [2.75, 3.05) is 6.61 Å². The van der Waals surface area contributed by atoms with Crippen molar-refractivity contribution in [1.82, 2.24) is 0 Å². The van der Waals surface area contributed by atoms with Crippen molar-refractivity contribution in [2.45, 2.75) is 31.3 Å². The SMILES string of the molecule is Cc1ccc(C=C(O)[C@H](O)[C@@H](O)[C@H](O)[C@H](O)CO)cc1. The number of aliphatic hydroxyl groups is 6. The highest BCUT2D eigenvalue weighted by Gasteiger charge is 2.32. The van der Waals surface area contributed by atoms with Crippen LogP contribution in [0.1, 0.15) is 11.1 Å². The molecule has 0 unspecified atom stereocenters. The molecule has 4 atom stereocenters. The van der Waals surface area contributed by atoms with Gasteiger partial charge in [-0.1, -0.05) is 29.8 Å². The molecule has 0 bridgehead atoms. The number of hydrogen-bond donors (Lipinski definition) is 6. The first-order chi connectivity index (χ1) is 9.36. The second-order valence-electron chi connectivity index (χ2n) is 4.66. The van der Waals surface area contributed by atoms with Gasteiger partial charge >= 0.3 is 0 Å². The third kappa shape index (κ3) is 4.29. The molecular formula is C14H20O6. The Morgan fingerprint density at radius 3 is 2.10 bits per heavy atom. The standard InChI is InChI=1S/C14H20O6/c1-8-2-4-9(5-3-8)6-10(16)12(18)14(20)13(19)11(17)7-15/h2-6,11-20H,7H2,1H3/t11-,12+,13-,14-/m1/s1. The zero-order chi connectivity index (χ0) is 15.3. The summed E-state index contributed by atoms with van der Waals surface area (Å²) < 4.78 is 0. The van der Waals surface area contributed by atoms with Gasteiger partial charge in [0, 0.05) is 0 Å². The van der Waals surface area contributed by atoms with Crippen molar-refractivity contribution in [3.8, 4) is 0 Å². The minimum atomic E-state index is -1.82. The molecule has 6 nitrogen and oxygen atoms in total. The molecule has 0 aliphatic carbocycles. The number of benzene rings is 1. The van der Waals surface area contributed by atoms with Crippen LogP contribution in [0.15, 0.2) is 30.0 Å². The zero-order valence-corrected chi connectivity index (χ0v) is 11.1. The van der Waals surface area contributed by atoms with Crippen molar-refractivity contribution < 1.29 is 30.6 Å². The summed E-state index contributed by atoms with van der Waals surface area (Å²) in [5.74, 6) is -0.550. The van der Waals surface area contributed by atoms with Gasteiger partial charge in [0.15, 0.2) is 0 Å². The lowest BCUT2D eigenvalue weighted by Gasteiger charge is -2.25. The van der Waals surface area contributed by atoms with E-state index < -0.39 is 36.8 Å². The molecule has 0 saturated heterocycles. The van der Waals surface area contributed by atoms with Crippen molar-refractivity contribution >= 4 is 6.08 Å². The fourth-order valence-corrected chi connectivity index (χ4v) is 1.62. The lowest BCUT2D eigenvalue weighted by atomic mass is 10.0. The Kier molecular flexibility index (Phi) is 6.12. The van der Waals surface area contributed by atoms with Gasteiger partial charge in [-0.2, -0.15) is 0 Å². The molecule has 1 aromatic rings. The summed E-state index contributed by atoms with van der Waals surface area (Å²) in [6, 6.07) is 7.05. The van der Waals surface area contributed by atoms with Crippen molar-refractivity contribution in [2.24, 2.45) is 0 Å². The second-order valence-corrected chi connectivity index (χ2v) is 4.66. The molecule has 0 aromatic heterocycles. The van der Waals surface area contributed by atoms with Crippen LogP contribution in [0.2, 0.25) is 0 Å². The fourth-order valence-electron chi connectivity index (χ4n) is 1.62. The van der Waals surface area contributed by atoms with E-state index in [2.05, 4.69) is 0 Å². The van der Waals surface area contributed by atoms with E-state index in [-0.39, 0.29) is 0 Å². The minimum absolute atomic E-state index is 0.550. The molecule has 0 aliphatic heterocycles. The first-order valence-electron chi connectivity index (χ1n) is 6.17. The first-order valence-corrected chi connectivity index (χ1v) is 6.17. The summed E-state index contributed by atoms with van der Waals surface area (Å²) in [4.78, 5) is 0. The van der Waals surface area contributed by atoms with Crippen molar-refractivity contribution in [1.29, 1.82) is 0 Å². The minimum Gasteiger partial charge on any atom is -0.509 e. The van der Waals surface area contributed by atoms with Crippen molar-refractivity contribution in [3.63, 3.8) is 0 Å². The number of rotatable bonds is 6. The molecule has 0 fully saturated rings. The molecule has 0 radical (unpaired) electrons. The molecule has 1 rings (SSSR count). The van der Waals surface area contributed by atoms with E-state index in [0.717, 1.165) is 5.56 Å². The maximum absolute atomic E-state index is 9.71. The van der Waals surface area contributed by atoms with Crippen LogP contribution in [0.4, 0.5) is 0 Å². The Balaban J connectivity index is 2.79. The van der Waals surface area contributed by atoms with Gasteiger partial charge in [0.2, 0.25) is 0 Å². The van der Waals surface area contributed by atoms with Crippen LogP contribution in [-0.2, 0) is 0 Å². The number of hydrogen-bond acceptors (Lipinski definition) is 6. The van der Waals surface area contributed by atoms with E-state index in [4.69, 9.17) is 5.11 Å². The van der Waals surface area contributed by atoms with E-state index in [0.29, 0.717) is 5.56 Å². The van der Waals surface area contributed by atoms with Crippen LogP contribution in [-0.4, -0.2) is 61.7 Å². The molecule has 112 valence electrons. The number of aryl methyl sites for hydroxylation is 1. The van der Waals surface area contributed by atoms with Gasteiger partial charge in [-0.3, -0.25) is 0 Å². The van der Waals surface area contributed by atoms with E-state index in [9.17, 15) is 25.5 Å². The number of aliphatic hydroxyl groups excluding tert-OH is 6. The van der Waals surface area contributed by atoms with Crippen LogP contribution in [0.3, 0.4) is 0 Å². The molecule has 0 heterocycles. The Hall–Kier alpha value is -1.44. The van der Waals surface area contributed by atoms with Gasteiger partial charge in [-0.05, 0) is 18.6 Å². The smallest absolute Gasteiger partial charge is 0.139 e. The van der Waals surface area contributed by atoms with Crippen LogP contribution < -0.4 is 0 Å². The molecule has 0 saturated carbocycles. The normalized spacial score (nSPS) is 18.4. The van der Waals surface area contributed by atoms with E-state index in [1.165, 1.54) is 6.08 Å². The maximum atomic E-state index is 9.71. The lowest BCUT2D eigenvalue weighted by Crippen LogP contribution is -2.46. The summed E-state index contributed by atoms with van der Waals surface area (Å²) in [7, 11) is 0. The quantitative estimate of drug-likeness (QED) is 0.385. The third-order valence-electron chi connectivity index (χ3n) is 2.95. The second kappa shape index (κ2) is 7.37. The summed E-state index contributed by atoms with van der Waals surface area (Å²) in [5.41, 5.74) is 1.64. The van der Waals surface area contributed by atoms with Gasteiger partial charge in [-0.15, -0.1) is 0 Å². The maximum Gasteiger partial charge on any atom is 0.139 e. The molecule has 6 N–H and O–H groups in total. The Bertz CT molecular complexity index is 441. The van der Waals surface area contributed by atoms with Crippen LogP contribution in [0, 0.1) is 6.92 Å². The topological polar surface area (TPSA) is 121 Å². The summed E-state index contributed by atoms with van der Waals surface area (Å²) in [5, 5.41) is 56.3. The molecule has 1 aromatic carbocycles. The molecule has 0 aliphatic rings. The van der Waals surface area contributed by atoms with Gasteiger partial charge in [0.25, 0.3) is 0 Å². The average Bonchev–Trinajstić information content (AvgIpc) is 2.46. The molecule has 0 amide bonds. The predicted octanol–water partition coefficient (Wildman–Crippen LogP) is -0.670. The highest BCUT2D eigenvalue weighted by molar-refractivity contribution is 5.52. The Morgan fingerprint density at radius 1 is 1.05 bits per heavy atom. The van der Waals surface area contributed by atoms with Crippen LogP contribution in [0.25, 0.3) is 6.08 Å². The van der Waals surface area contributed by atoms with Crippen LogP contribution in [0.5, 0.6) is 0 Å². The predicted molar refractivity (Wildman–Crippen MR) is 72.9 cm³/mol. The van der Waals surface area contributed by atoms with E-state index >= 15 is 0 Å². The van der Waals surface area contributed by atoms with Gasteiger partial charge in [-0.25, -0.2) is 0 Å². The average molecular weight is 284 g/mol. The summed E-state index contributed by atoms with van der Waals surface area (Å²) >= 11 is 0. The summed E-state index contributed by atoms with van der Waals surface area (Å²) in [6.07, 6.45) is -5.73. The highest BCUT2D eigenvalue weighted by atomic mass is 16.4. The molecule has 20 heavy (non-hydrogen) atoms. The highest BCUT2D eigenvalue weighted by Crippen LogP contribution is 2.14. The third-order valence-corrected chi connectivity index (χ3v) is 2.95. The Morgan fingerprint density at radius 2 is 1.60 bits per heavy atom.